The second-order valence-corrected chi connectivity index (χ2v) is 6.57. The van der Waals surface area contributed by atoms with E-state index < -0.39 is 0 Å². The zero-order chi connectivity index (χ0) is 13.5. The number of benzene rings is 2. The van der Waals surface area contributed by atoms with Gasteiger partial charge in [-0.15, -0.1) is 23.5 Å². The molecule has 0 radical (unpaired) electrons. The molecule has 0 aliphatic rings. The van der Waals surface area contributed by atoms with Crippen LogP contribution in [0.1, 0.15) is 21.3 Å². The molecular formula is C17H18S2. The van der Waals surface area contributed by atoms with E-state index in [1.165, 1.54) is 16.7 Å². The average molecular weight is 286 g/mol. The van der Waals surface area contributed by atoms with Crippen LogP contribution in [0.2, 0.25) is 0 Å². The smallest absolute Gasteiger partial charge is 0.0751 e. The molecule has 0 nitrogen and oxygen atoms in total. The summed E-state index contributed by atoms with van der Waals surface area (Å²) >= 11 is 3.87. The number of hydrogen-bond acceptors (Lipinski definition) is 2. The van der Waals surface area contributed by atoms with Crippen LogP contribution in [0, 0.1) is 0 Å². The van der Waals surface area contributed by atoms with Gasteiger partial charge < -0.3 is 0 Å². The largest absolute Gasteiger partial charge is 0.146 e. The van der Waals surface area contributed by atoms with Crippen molar-refractivity contribution < 1.29 is 0 Å². The highest BCUT2D eigenvalue weighted by Gasteiger charge is 2.10. The topological polar surface area (TPSA) is 0 Å². The number of hydrogen-bond donors (Lipinski definition) is 0. The quantitative estimate of drug-likeness (QED) is 0.632. The Morgan fingerprint density at radius 2 is 1.74 bits per heavy atom. The molecule has 0 saturated carbocycles. The molecule has 2 heteroatoms. The van der Waals surface area contributed by atoms with Gasteiger partial charge >= 0.3 is 0 Å². The van der Waals surface area contributed by atoms with Crippen LogP contribution in [-0.4, -0.2) is 6.26 Å². The molecule has 0 amide bonds. The van der Waals surface area contributed by atoms with Gasteiger partial charge in [-0.05, 0) is 22.9 Å². The van der Waals surface area contributed by atoms with Crippen LogP contribution in [0.3, 0.4) is 0 Å². The van der Waals surface area contributed by atoms with Crippen molar-refractivity contribution in [2.24, 2.45) is 0 Å². The van der Waals surface area contributed by atoms with Gasteiger partial charge in [-0.1, -0.05) is 67.3 Å². The third kappa shape index (κ3) is 4.19. The minimum atomic E-state index is 0.485. The SMILES string of the molecule is C=Cc1ccc(C(SC)SCc2ccccc2)cc1. The molecule has 0 spiro atoms. The van der Waals surface area contributed by atoms with Gasteiger partial charge in [-0.3, -0.25) is 0 Å². The maximum absolute atomic E-state index is 3.79. The average Bonchev–Trinajstić information content (AvgIpc) is 2.49. The first-order chi connectivity index (χ1) is 9.33. The van der Waals surface area contributed by atoms with E-state index in [0.717, 1.165) is 5.75 Å². The monoisotopic (exact) mass is 286 g/mol. The summed E-state index contributed by atoms with van der Waals surface area (Å²) in [6.45, 7) is 3.79. The summed E-state index contributed by atoms with van der Waals surface area (Å²) in [5.41, 5.74) is 3.94. The van der Waals surface area contributed by atoms with E-state index in [0.29, 0.717) is 4.58 Å². The van der Waals surface area contributed by atoms with Gasteiger partial charge in [0.25, 0.3) is 0 Å². The van der Waals surface area contributed by atoms with Gasteiger partial charge in [0.2, 0.25) is 0 Å². The lowest BCUT2D eigenvalue weighted by molar-refractivity contribution is 1.34. The van der Waals surface area contributed by atoms with Crippen LogP contribution in [0.4, 0.5) is 0 Å². The van der Waals surface area contributed by atoms with Crippen molar-refractivity contribution in [3.05, 3.63) is 77.9 Å². The van der Waals surface area contributed by atoms with Gasteiger partial charge in [0, 0.05) is 5.75 Å². The molecule has 0 saturated heterocycles. The third-order valence-electron chi connectivity index (χ3n) is 2.90. The molecule has 0 aliphatic heterocycles. The molecule has 0 bridgehead atoms. The molecule has 2 aromatic rings. The minimum Gasteiger partial charge on any atom is -0.146 e. The van der Waals surface area contributed by atoms with Crippen molar-refractivity contribution in [2.45, 2.75) is 10.3 Å². The van der Waals surface area contributed by atoms with Gasteiger partial charge in [0.1, 0.15) is 0 Å². The molecule has 0 heterocycles. The van der Waals surface area contributed by atoms with E-state index in [2.05, 4.69) is 67.4 Å². The summed E-state index contributed by atoms with van der Waals surface area (Å²) < 4.78 is 0.485. The number of rotatable bonds is 6. The molecular weight excluding hydrogens is 268 g/mol. The van der Waals surface area contributed by atoms with E-state index >= 15 is 0 Å². The highest BCUT2D eigenvalue weighted by Crippen LogP contribution is 2.39. The predicted molar refractivity (Wildman–Crippen MR) is 90.5 cm³/mol. The van der Waals surface area contributed by atoms with E-state index in [1.807, 2.05) is 29.6 Å². The standard InChI is InChI=1S/C17H18S2/c1-3-14-9-11-16(12-10-14)17(18-2)19-13-15-7-5-4-6-8-15/h3-12,17H,1,13H2,2H3. The van der Waals surface area contributed by atoms with Gasteiger partial charge in [0.05, 0.1) is 4.58 Å². The highest BCUT2D eigenvalue weighted by molar-refractivity contribution is 8.15. The van der Waals surface area contributed by atoms with Crippen molar-refractivity contribution in [3.63, 3.8) is 0 Å². The Kier molecular flexibility index (Phi) is 5.62. The van der Waals surface area contributed by atoms with Crippen molar-refractivity contribution in [1.82, 2.24) is 0 Å². The maximum atomic E-state index is 3.79. The van der Waals surface area contributed by atoms with E-state index in [4.69, 9.17) is 0 Å². The lowest BCUT2D eigenvalue weighted by atomic mass is 10.1. The Bertz CT molecular complexity index is 503. The minimum absolute atomic E-state index is 0.485. The van der Waals surface area contributed by atoms with Crippen molar-refractivity contribution in [1.29, 1.82) is 0 Å². The van der Waals surface area contributed by atoms with E-state index in [9.17, 15) is 0 Å². The lowest BCUT2D eigenvalue weighted by Gasteiger charge is -2.14. The first-order valence-electron chi connectivity index (χ1n) is 6.24. The zero-order valence-corrected chi connectivity index (χ0v) is 12.7. The Labute approximate surface area is 124 Å². The molecule has 0 N–H and O–H groups in total. The van der Waals surface area contributed by atoms with E-state index in [-0.39, 0.29) is 0 Å². The fourth-order valence-electron chi connectivity index (χ4n) is 1.84. The Morgan fingerprint density at radius 3 is 2.32 bits per heavy atom. The molecule has 0 aromatic heterocycles. The summed E-state index contributed by atoms with van der Waals surface area (Å²) in [6.07, 6.45) is 4.05. The molecule has 2 rings (SSSR count). The van der Waals surface area contributed by atoms with Gasteiger partial charge in [-0.25, -0.2) is 0 Å². The first kappa shape index (κ1) is 14.3. The Morgan fingerprint density at radius 1 is 1.05 bits per heavy atom. The molecule has 98 valence electrons. The van der Waals surface area contributed by atoms with Crippen LogP contribution in [0.5, 0.6) is 0 Å². The third-order valence-corrected chi connectivity index (χ3v) is 5.66. The van der Waals surface area contributed by atoms with Crippen LogP contribution in [0.25, 0.3) is 6.08 Å². The summed E-state index contributed by atoms with van der Waals surface area (Å²) in [5, 5.41) is 0. The molecule has 0 aliphatic carbocycles. The molecule has 2 aromatic carbocycles. The van der Waals surface area contributed by atoms with Crippen LogP contribution < -0.4 is 0 Å². The molecule has 1 atom stereocenters. The maximum Gasteiger partial charge on any atom is 0.0751 e. The molecule has 0 fully saturated rings. The highest BCUT2D eigenvalue weighted by atomic mass is 32.2. The summed E-state index contributed by atoms with van der Waals surface area (Å²) in [5.74, 6) is 1.05. The second kappa shape index (κ2) is 7.46. The Hall–Kier alpha value is -1.12. The van der Waals surface area contributed by atoms with Crippen molar-refractivity contribution in [2.75, 3.05) is 6.26 Å². The van der Waals surface area contributed by atoms with E-state index in [1.54, 1.807) is 0 Å². The molecule has 19 heavy (non-hydrogen) atoms. The van der Waals surface area contributed by atoms with Crippen molar-refractivity contribution >= 4 is 29.6 Å². The zero-order valence-electron chi connectivity index (χ0n) is 11.1. The predicted octanol–water partition coefficient (Wildman–Crippen LogP) is 5.62. The van der Waals surface area contributed by atoms with Gasteiger partial charge in [0.15, 0.2) is 0 Å². The first-order valence-corrected chi connectivity index (χ1v) is 8.58. The van der Waals surface area contributed by atoms with Crippen LogP contribution in [-0.2, 0) is 5.75 Å². The number of thioether (sulfide) groups is 2. The normalized spacial score (nSPS) is 12.1. The second-order valence-electron chi connectivity index (χ2n) is 4.24. The lowest BCUT2D eigenvalue weighted by Crippen LogP contribution is -1.90. The van der Waals surface area contributed by atoms with Gasteiger partial charge in [-0.2, -0.15) is 0 Å². The molecule has 1 unspecified atom stereocenters. The van der Waals surface area contributed by atoms with Crippen LogP contribution in [0.15, 0.2) is 61.2 Å². The summed E-state index contributed by atoms with van der Waals surface area (Å²) in [4.78, 5) is 0. The van der Waals surface area contributed by atoms with Crippen molar-refractivity contribution in [3.8, 4) is 0 Å². The Balaban J connectivity index is 2.01. The summed E-state index contributed by atoms with van der Waals surface area (Å²) in [6, 6.07) is 19.3. The fourth-order valence-corrected chi connectivity index (χ4v) is 3.90. The fraction of sp³-hybridized carbons (Fsp3) is 0.176. The van der Waals surface area contributed by atoms with Crippen LogP contribution >= 0.6 is 23.5 Å². The summed E-state index contributed by atoms with van der Waals surface area (Å²) in [7, 11) is 0.